The molecule has 1 aliphatic rings. The summed E-state index contributed by atoms with van der Waals surface area (Å²) in [5, 5.41) is 15.0. The molecule has 0 spiro atoms. The molecule has 0 aliphatic carbocycles. The van der Waals surface area contributed by atoms with Crippen LogP contribution in [0.5, 0.6) is 0 Å². The molecule has 0 N–H and O–H groups in total. The second kappa shape index (κ2) is 26.6. The van der Waals surface area contributed by atoms with Crippen molar-refractivity contribution in [2.45, 2.75) is 159 Å². The molecule has 0 atom stereocenters. The Morgan fingerprint density at radius 3 is 1.25 bits per heavy atom. The minimum atomic E-state index is -1.41. The Balaban J connectivity index is 0.000000192. The minimum absolute atomic E-state index is 0.689. The summed E-state index contributed by atoms with van der Waals surface area (Å²) < 4.78 is 0. The van der Waals surface area contributed by atoms with Crippen LogP contribution in [0, 0.1) is 17.9 Å². The number of halogens is 2. The van der Waals surface area contributed by atoms with E-state index in [-0.39, 0.29) is 0 Å². The summed E-state index contributed by atoms with van der Waals surface area (Å²) in [5.74, 6) is 1.38. The van der Waals surface area contributed by atoms with Crippen molar-refractivity contribution >= 4 is 112 Å². The molecule has 8 heteroatoms. The van der Waals surface area contributed by atoms with Gasteiger partial charge in [0.2, 0.25) is 0 Å². The first-order valence-electron chi connectivity index (χ1n) is 28.2. The van der Waals surface area contributed by atoms with Crippen LogP contribution in [0.15, 0.2) is 127 Å². The first-order valence-corrected chi connectivity index (χ1v) is 49.6. The van der Waals surface area contributed by atoms with Gasteiger partial charge in [-0.1, -0.05) is 247 Å². The van der Waals surface area contributed by atoms with Gasteiger partial charge in [0.05, 0.1) is 41.8 Å². The number of rotatable bonds is 14. The van der Waals surface area contributed by atoms with Crippen LogP contribution in [0.2, 0.25) is 78.6 Å². The topological polar surface area (TPSA) is 0 Å². The fourth-order valence-electron chi connectivity index (χ4n) is 10.6. The van der Waals surface area contributed by atoms with Crippen LogP contribution in [-0.4, -0.2) is 41.8 Å². The smallest absolute Gasteiger partial charge is 0.0920 e. The maximum absolute atomic E-state index is 4.93. The maximum atomic E-state index is 4.93. The number of aryl methyl sites for hydroxylation is 2. The van der Waals surface area contributed by atoms with Gasteiger partial charge in [-0.2, -0.15) is 41.6 Å². The molecule has 1 heterocycles. The van der Waals surface area contributed by atoms with Crippen LogP contribution >= 0.6 is 17.0 Å². The first kappa shape index (κ1) is 62.3. The van der Waals surface area contributed by atoms with Crippen LogP contribution in [0.1, 0.15) is 76.6 Å². The van der Waals surface area contributed by atoms with E-state index < -0.39 is 53.1 Å². The molecule has 2 radical (unpaired) electrons. The van der Waals surface area contributed by atoms with Crippen LogP contribution in [0.3, 0.4) is 0 Å². The summed E-state index contributed by atoms with van der Waals surface area (Å²) in [6.45, 7) is 43.7. The Morgan fingerprint density at radius 2 is 0.882 bits per heavy atom. The van der Waals surface area contributed by atoms with Crippen molar-refractivity contribution in [2.75, 3.05) is 0 Å². The van der Waals surface area contributed by atoms with E-state index >= 15 is 0 Å². The fourth-order valence-corrected chi connectivity index (χ4v) is 16.9. The molecular weight excluding hydrogens is 1120 g/mol. The summed E-state index contributed by atoms with van der Waals surface area (Å²) in [4.78, 5) is 0. The minimum Gasteiger partial charge on any atom is -0.184 e. The maximum Gasteiger partial charge on any atom is 0.0920 e. The fraction of sp³-hybridized carbons (Fsp3) is 0.382. The Hall–Kier alpha value is -2.91. The van der Waals surface area contributed by atoms with E-state index in [1.807, 2.05) is 6.07 Å². The molecule has 0 unspecified atom stereocenters. The van der Waals surface area contributed by atoms with Gasteiger partial charge in [-0.25, -0.2) is 0 Å². The summed E-state index contributed by atoms with van der Waals surface area (Å²) in [6.07, 6.45) is 6.99. The third kappa shape index (κ3) is 16.1. The van der Waals surface area contributed by atoms with E-state index in [0.717, 1.165) is 35.2 Å². The number of hydrogen-bond donors (Lipinski definition) is 0. The largest absolute Gasteiger partial charge is 0.184 e. The van der Waals surface area contributed by atoms with E-state index in [1.165, 1.54) is 100 Å². The summed E-state index contributed by atoms with van der Waals surface area (Å²) in [7, 11) is 5.04. The van der Waals surface area contributed by atoms with Gasteiger partial charge in [-0.15, -0.1) is 74.6 Å². The SMILES string of the molecule is CCCc1ccc2[cH-]c(CC(C)C)cc2c1-c1cc([Si](C)(C)C)cc([Si](C)(C)C)c1.CCCc1ccc2[cH-]c(CC(C)C)cc2c1-c1cc([Si](C)(C)C)cc([Si](C)(C)C)c1.[Cl][Zr][Cl].[c-]1cccc2c1[Si]c1ccccc1-2. The number of benzene rings is 6. The standard InChI is InChI=1S/2C28H41Si2.C12H7Si.2ClH.Zr/c2*1-10-11-22-12-13-23-15-21(14-20(2)3)16-27(23)28(22)24-17-25(29(4,5)6)19-26(18-24)30(7,8)9;1-3-7-11-9(5-1)10-6-2-4-8-12(10)13-11;;;/h2*12-13,15-20H,10-11,14H2,1-9H3;1-7H;2*1H;/q3*-1;;;+2/p-2. The van der Waals surface area contributed by atoms with Gasteiger partial charge in [0.25, 0.3) is 0 Å². The molecule has 9 rings (SSSR count). The zero-order valence-electron chi connectivity index (χ0n) is 49.8. The van der Waals surface area contributed by atoms with Gasteiger partial charge in [-0.05, 0) is 48.6 Å². The molecule has 0 bridgehead atoms. The molecule has 1 aliphatic heterocycles. The van der Waals surface area contributed by atoms with E-state index in [0.29, 0.717) is 11.8 Å². The van der Waals surface area contributed by atoms with Gasteiger partial charge in [0.1, 0.15) is 0 Å². The Morgan fingerprint density at radius 1 is 0.500 bits per heavy atom. The van der Waals surface area contributed by atoms with E-state index in [4.69, 9.17) is 17.0 Å². The third-order valence-corrected chi connectivity index (χ3v) is 24.1. The second-order valence-corrected chi connectivity index (χ2v) is 51.8. The third-order valence-electron chi connectivity index (χ3n) is 14.6. The molecule has 0 amide bonds. The number of hydrogen-bond acceptors (Lipinski definition) is 0. The Labute approximate surface area is 487 Å². The Kier molecular flexibility index (Phi) is 21.8. The molecule has 0 saturated heterocycles. The summed E-state index contributed by atoms with van der Waals surface area (Å²) in [5.41, 5.74) is 14.7. The Bertz CT molecular complexity index is 2920. The summed E-state index contributed by atoms with van der Waals surface area (Å²) >= 11 is -0.826. The van der Waals surface area contributed by atoms with Crippen LogP contribution in [0.25, 0.3) is 54.9 Å². The van der Waals surface area contributed by atoms with E-state index in [2.05, 4.69) is 248 Å². The van der Waals surface area contributed by atoms with Crippen molar-refractivity contribution in [3.63, 3.8) is 0 Å². The average molecular weight is 1210 g/mol. The molecular formula is C68H89Cl2Si5Zr-3. The molecule has 0 nitrogen and oxygen atoms in total. The van der Waals surface area contributed by atoms with Gasteiger partial charge in [0, 0.05) is 0 Å². The second-order valence-electron chi connectivity index (χ2n) is 26.4. The number of fused-ring (bicyclic) bond motifs is 5. The zero-order valence-corrected chi connectivity index (χ0v) is 58.7. The van der Waals surface area contributed by atoms with Crippen LogP contribution < -0.4 is 31.1 Å². The van der Waals surface area contributed by atoms with Gasteiger partial charge < -0.3 is 0 Å². The molecule has 0 saturated carbocycles. The summed E-state index contributed by atoms with van der Waals surface area (Å²) in [6, 6.07) is 52.8. The van der Waals surface area contributed by atoms with E-state index in [1.54, 1.807) is 20.7 Å². The molecule has 0 aromatic heterocycles. The average Bonchev–Trinajstić information content (AvgIpc) is 4.05. The monoisotopic (exact) mass is 1210 g/mol. The van der Waals surface area contributed by atoms with Crippen molar-refractivity contribution in [1.29, 1.82) is 0 Å². The molecule has 402 valence electrons. The van der Waals surface area contributed by atoms with Gasteiger partial charge in [-0.3, -0.25) is 0 Å². The van der Waals surface area contributed by atoms with Gasteiger partial charge >= 0.3 is 37.9 Å². The van der Waals surface area contributed by atoms with Crippen LogP contribution in [0.4, 0.5) is 0 Å². The predicted octanol–water partition coefficient (Wildman–Crippen LogP) is 17.4. The predicted molar refractivity (Wildman–Crippen MR) is 354 cm³/mol. The van der Waals surface area contributed by atoms with E-state index in [9.17, 15) is 0 Å². The molecule has 0 fully saturated rings. The first-order chi connectivity index (χ1) is 35.7. The van der Waals surface area contributed by atoms with Crippen LogP contribution in [-0.2, 0) is 46.5 Å². The van der Waals surface area contributed by atoms with Crippen molar-refractivity contribution in [2.24, 2.45) is 11.8 Å². The van der Waals surface area contributed by atoms with Crippen molar-refractivity contribution in [3.8, 4) is 33.4 Å². The normalized spacial score (nSPS) is 12.4. The molecule has 8 aromatic carbocycles. The molecule has 76 heavy (non-hydrogen) atoms. The van der Waals surface area contributed by atoms with Crippen molar-refractivity contribution in [1.82, 2.24) is 0 Å². The quantitative estimate of drug-likeness (QED) is 0.0752. The van der Waals surface area contributed by atoms with Gasteiger partial charge in [0.15, 0.2) is 0 Å². The zero-order chi connectivity index (χ0) is 55.9. The van der Waals surface area contributed by atoms with Crippen molar-refractivity contribution < 1.29 is 20.8 Å². The molecule has 8 aromatic rings. The van der Waals surface area contributed by atoms with Crippen molar-refractivity contribution in [3.05, 3.63) is 156 Å².